The molecule has 0 spiro atoms. The number of alkyl halides is 3. The second-order valence-corrected chi connectivity index (χ2v) is 7.17. The number of rotatable bonds is 9. The molecule has 0 amide bonds. The van der Waals surface area contributed by atoms with E-state index in [0.29, 0.717) is 0 Å². The van der Waals surface area contributed by atoms with E-state index in [1.165, 1.54) is 7.11 Å². The highest BCUT2D eigenvalue weighted by Gasteiger charge is 2.33. The molecule has 0 aliphatic rings. The van der Waals surface area contributed by atoms with Crippen molar-refractivity contribution in [2.75, 3.05) is 19.5 Å². The molecule has 1 aromatic rings. The van der Waals surface area contributed by atoms with Gasteiger partial charge in [0.15, 0.2) is 11.5 Å². The first-order valence-corrected chi connectivity index (χ1v) is 9.15. The average Bonchev–Trinajstić information content (AvgIpc) is 2.50. The largest absolute Gasteiger partial charge is 0.573 e. The third kappa shape index (κ3) is 8.45. The van der Waals surface area contributed by atoms with Gasteiger partial charge in [-0.25, -0.2) is 4.79 Å². The number of carbonyl (C=O) groups is 1. The Hall–Kier alpha value is -2.05. The van der Waals surface area contributed by atoms with Crippen molar-refractivity contribution in [3.05, 3.63) is 23.8 Å². The maximum atomic E-state index is 12.6. The Bertz CT molecular complexity index is 746. The number of hydrogen-bond acceptors (Lipinski definition) is 7. The number of benzene rings is 1. The van der Waals surface area contributed by atoms with E-state index >= 15 is 0 Å². The zero-order valence-corrected chi connectivity index (χ0v) is 15.5. The van der Waals surface area contributed by atoms with Crippen molar-refractivity contribution in [1.29, 1.82) is 0 Å². The lowest BCUT2D eigenvalue weighted by Crippen LogP contribution is -2.26. The first-order valence-electron chi connectivity index (χ1n) is 7.54. The van der Waals surface area contributed by atoms with Crippen molar-refractivity contribution in [3.63, 3.8) is 0 Å². The van der Waals surface area contributed by atoms with E-state index in [1.54, 1.807) is 13.8 Å². The molecule has 0 saturated carbocycles. The molecule has 1 unspecified atom stereocenters. The maximum Gasteiger partial charge on any atom is 0.573 e. The van der Waals surface area contributed by atoms with Crippen molar-refractivity contribution < 1.29 is 49.9 Å². The van der Waals surface area contributed by atoms with E-state index in [9.17, 15) is 26.4 Å². The lowest BCUT2D eigenvalue weighted by molar-refractivity contribution is -0.275. The van der Waals surface area contributed by atoms with Gasteiger partial charge in [0.1, 0.15) is 12.4 Å². The van der Waals surface area contributed by atoms with Crippen molar-refractivity contribution in [2.45, 2.75) is 26.5 Å². The first-order chi connectivity index (χ1) is 12.3. The lowest BCUT2D eigenvalue weighted by Gasteiger charge is -2.23. The number of halogens is 3. The number of hydrogen-bond donors (Lipinski definition) is 1. The molecule has 0 radical (unpaired) electrons. The molecule has 8 nitrogen and oxygen atoms in total. The van der Waals surface area contributed by atoms with Crippen LogP contribution in [0.2, 0.25) is 0 Å². The van der Waals surface area contributed by atoms with Crippen LogP contribution in [0.4, 0.5) is 13.2 Å². The summed E-state index contributed by atoms with van der Waals surface area (Å²) in [6.07, 6.45) is -5.91. The minimum absolute atomic E-state index is 0.214. The van der Waals surface area contributed by atoms with Crippen LogP contribution >= 0.6 is 0 Å². The predicted molar refractivity (Wildman–Crippen MR) is 86.1 cm³/mol. The molecule has 0 bridgehead atoms. The summed E-state index contributed by atoms with van der Waals surface area (Å²) in [5.74, 6) is -3.20. The van der Waals surface area contributed by atoms with Crippen LogP contribution in [0.15, 0.2) is 18.2 Å². The first kappa shape index (κ1) is 23.0. The summed E-state index contributed by atoms with van der Waals surface area (Å²) in [7, 11) is -3.04. The van der Waals surface area contributed by atoms with Crippen molar-refractivity contribution in [1.82, 2.24) is 0 Å². The molecule has 12 heteroatoms. The molecular weight excluding hydrogens is 397 g/mol. The van der Waals surface area contributed by atoms with Gasteiger partial charge in [0, 0.05) is 13.0 Å². The second-order valence-electron chi connectivity index (χ2n) is 5.60. The van der Waals surface area contributed by atoms with Crippen LogP contribution in [-0.2, 0) is 19.6 Å². The van der Waals surface area contributed by atoms with E-state index in [2.05, 4.69) is 9.47 Å². The fourth-order valence-electron chi connectivity index (χ4n) is 1.84. The van der Waals surface area contributed by atoms with E-state index in [4.69, 9.17) is 14.0 Å². The van der Waals surface area contributed by atoms with Gasteiger partial charge in [0.2, 0.25) is 6.29 Å². The number of methoxy groups -OCH3 is 1. The molecule has 154 valence electrons. The van der Waals surface area contributed by atoms with Gasteiger partial charge < -0.3 is 18.9 Å². The van der Waals surface area contributed by atoms with Crippen LogP contribution in [0.3, 0.4) is 0 Å². The topological polar surface area (TPSA) is 108 Å². The molecule has 0 saturated heterocycles. The van der Waals surface area contributed by atoms with Gasteiger partial charge in [-0.15, -0.1) is 13.2 Å². The minimum atomic E-state index is -4.99. The zero-order chi connectivity index (χ0) is 20.8. The average molecular weight is 416 g/mol. The molecule has 1 N–H and O–H groups in total. The Morgan fingerprint density at radius 2 is 1.85 bits per heavy atom. The third-order valence-electron chi connectivity index (χ3n) is 3.00. The fourth-order valence-corrected chi connectivity index (χ4v) is 2.13. The summed E-state index contributed by atoms with van der Waals surface area (Å²) in [5, 5.41) is 0. The lowest BCUT2D eigenvalue weighted by atomic mass is 10.2. The molecule has 1 rings (SSSR count). The molecule has 0 aromatic heterocycles. The molecule has 27 heavy (non-hydrogen) atoms. The van der Waals surface area contributed by atoms with Gasteiger partial charge in [-0.1, -0.05) is 13.8 Å². The van der Waals surface area contributed by atoms with E-state index < -0.39 is 52.6 Å². The van der Waals surface area contributed by atoms with Gasteiger partial charge in [0.05, 0.1) is 5.56 Å². The summed E-state index contributed by atoms with van der Waals surface area (Å²) in [4.78, 5) is 11.9. The van der Waals surface area contributed by atoms with Gasteiger partial charge in [-0.2, -0.15) is 8.42 Å². The van der Waals surface area contributed by atoms with E-state index in [0.717, 1.165) is 18.2 Å². The van der Waals surface area contributed by atoms with Crippen molar-refractivity contribution in [2.24, 2.45) is 5.92 Å². The zero-order valence-electron chi connectivity index (χ0n) is 14.6. The summed E-state index contributed by atoms with van der Waals surface area (Å²) >= 11 is 0. The Morgan fingerprint density at radius 1 is 1.22 bits per heavy atom. The molecular formula is C15H19F3O8S. The van der Waals surface area contributed by atoms with Gasteiger partial charge in [-0.3, -0.25) is 4.55 Å². The van der Waals surface area contributed by atoms with Crippen LogP contribution in [0.1, 0.15) is 24.2 Å². The smallest absolute Gasteiger partial charge is 0.461 e. The molecule has 0 fully saturated rings. The number of ether oxygens (including phenoxy) is 4. The standard InChI is InChI=1S/C15H19F3O8S/c1-9(2)14(23-3)25-12-8-10(4-5-11(12)26-15(16,17)18)13(19)24-6-7-27(20,21)22/h4-5,8-9,14H,6-7H2,1-3H3,(H,20,21,22). The molecule has 1 atom stereocenters. The van der Waals surface area contributed by atoms with Crippen molar-refractivity contribution >= 4 is 16.1 Å². The van der Waals surface area contributed by atoms with Gasteiger partial charge in [-0.05, 0) is 18.2 Å². The maximum absolute atomic E-state index is 12.6. The highest BCUT2D eigenvalue weighted by Crippen LogP contribution is 2.34. The molecule has 0 aliphatic heterocycles. The van der Waals surface area contributed by atoms with Crippen molar-refractivity contribution in [3.8, 4) is 11.5 Å². The minimum Gasteiger partial charge on any atom is -0.461 e. The molecule has 0 heterocycles. The quantitative estimate of drug-likeness (QED) is 0.372. The Balaban J connectivity index is 3.07. The second kappa shape index (κ2) is 9.24. The summed E-state index contributed by atoms with van der Waals surface area (Å²) < 4.78 is 86.4. The van der Waals surface area contributed by atoms with Crippen LogP contribution in [0.5, 0.6) is 11.5 Å². The Morgan fingerprint density at radius 3 is 2.33 bits per heavy atom. The number of carbonyl (C=O) groups excluding carboxylic acids is 1. The molecule has 1 aromatic carbocycles. The van der Waals surface area contributed by atoms with Gasteiger partial charge in [0.25, 0.3) is 10.1 Å². The monoisotopic (exact) mass is 416 g/mol. The van der Waals surface area contributed by atoms with E-state index in [-0.39, 0.29) is 11.5 Å². The van der Waals surface area contributed by atoms with E-state index in [1.807, 2.05) is 0 Å². The number of esters is 1. The Labute approximate surface area is 153 Å². The summed E-state index contributed by atoms with van der Waals surface area (Å²) in [5.41, 5.74) is -0.214. The summed E-state index contributed by atoms with van der Waals surface area (Å²) in [6.45, 7) is 2.76. The predicted octanol–water partition coefficient (Wildman–Crippen LogP) is 2.64. The SMILES string of the molecule is COC(Oc1cc(C(=O)OCCS(=O)(=O)O)ccc1OC(F)(F)F)C(C)C. The Kier molecular flexibility index (Phi) is 7.87. The van der Waals surface area contributed by atoms with Crippen LogP contribution < -0.4 is 9.47 Å². The fraction of sp³-hybridized carbons (Fsp3) is 0.533. The van der Waals surface area contributed by atoms with Gasteiger partial charge >= 0.3 is 12.3 Å². The van der Waals surface area contributed by atoms with Crippen LogP contribution in [0.25, 0.3) is 0 Å². The van der Waals surface area contributed by atoms with Crippen LogP contribution in [0, 0.1) is 5.92 Å². The third-order valence-corrected chi connectivity index (χ3v) is 3.68. The normalized spacial score (nSPS) is 13.3. The molecule has 0 aliphatic carbocycles. The highest BCUT2D eigenvalue weighted by atomic mass is 32.2. The summed E-state index contributed by atoms with van der Waals surface area (Å²) in [6, 6.07) is 2.79. The van der Waals surface area contributed by atoms with Crippen LogP contribution in [-0.4, -0.2) is 51.1 Å². The highest BCUT2D eigenvalue weighted by molar-refractivity contribution is 7.85.